The zero-order valence-electron chi connectivity index (χ0n) is 84.2. The third kappa shape index (κ3) is 18.9. The first-order chi connectivity index (χ1) is 72.3. The lowest BCUT2D eigenvalue weighted by molar-refractivity contribution is -0.0315. The Balaban J connectivity index is 0.000000106. The number of nitrogens with zero attached hydrogens (tertiary/aromatic N) is 25. The van der Waals surface area contributed by atoms with E-state index in [1.54, 1.807) is 20.6 Å². The minimum atomic E-state index is -0.996. The Morgan fingerprint density at radius 1 is 0.360 bits per heavy atom. The van der Waals surface area contributed by atoms with Crippen LogP contribution in [-0.4, -0.2) is 277 Å². The second kappa shape index (κ2) is 40.7. The van der Waals surface area contributed by atoms with Crippen molar-refractivity contribution in [1.82, 2.24) is 106 Å². The summed E-state index contributed by atoms with van der Waals surface area (Å²) < 4.78 is 156. The number of carbonyl (C=O) groups is 1. The van der Waals surface area contributed by atoms with Crippen LogP contribution in [0.4, 0.5) is 73.0 Å². The number of pyridine rings is 5. The zero-order chi connectivity index (χ0) is 104. The molecule has 4 atom stereocenters. The van der Waals surface area contributed by atoms with Crippen LogP contribution in [0, 0.1) is 64.1 Å². The van der Waals surface area contributed by atoms with E-state index in [9.17, 15) is 63.4 Å². The summed E-state index contributed by atoms with van der Waals surface area (Å²) in [6.45, 7) is 26.9. The molecule has 0 spiro atoms. The predicted octanol–water partition coefficient (Wildman–Crippen LogP) is 14.5. The molecule has 42 heteroatoms. The average molecular weight is 2060 g/mol. The molecular formula is C108H111F10N27O5. The van der Waals surface area contributed by atoms with E-state index in [2.05, 4.69) is 114 Å². The summed E-state index contributed by atoms with van der Waals surface area (Å²) in [6, 6.07) is 35.6. The number of fused-ring (bicyclic) bond motifs is 25. The maximum atomic E-state index is 14.2. The Morgan fingerprint density at radius 3 is 1.23 bits per heavy atom. The van der Waals surface area contributed by atoms with Crippen LogP contribution in [0.2, 0.25) is 0 Å². The number of ether oxygens (including phenoxy) is 1. The highest BCUT2D eigenvalue weighted by molar-refractivity contribution is 6.02. The van der Waals surface area contributed by atoms with Crippen LogP contribution in [0.25, 0.3) is 128 Å². The van der Waals surface area contributed by atoms with E-state index in [-0.39, 0.29) is 63.6 Å². The van der Waals surface area contributed by atoms with Crippen molar-refractivity contribution >= 4 is 157 Å². The minimum absolute atomic E-state index is 0.0475. The van der Waals surface area contributed by atoms with E-state index in [1.165, 1.54) is 33.2 Å². The van der Waals surface area contributed by atoms with Gasteiger partial charge in [0.15, 0.2) is 86.6 Å². The van der Waals surface area contributed by atoms with E-state index in [1.807, 2.05) is 88.5 Å². The molecule has 150 heavy (non-hydrogen) atoms. The number of hydrogen-bond donors (Lipinski definition) is 3. The third-order valence-electron chi connectivity index (χ3n) is 29.4. The summed E-state index contributed by atoms with van der Waals surface area (Å²) in [6.07, 6.45) is 5.15. The smallest absolute Gasteiger partial charge is 0.294 e. The van der Waals surface area contributed by atoms with Crippen molar-refractivity contribution in [1.29, 1.82) is 0 Å². The number of nitrogens with one attached hydrogen (secondary N) is 2. The van der Waals surface area contributed by atoms with E-state index in [0.29, 0.717) is 146 Å². The van der Waals surface area contributed by atoms with Crippen molar-refractivity contribution in [2.75, 3.05) is 170 Å². The third-order valence-corrected chi connectivity index (χ3v) is 29.4. The van der Waals surface area contributed by atoms with Gasteiger partial charge in [0.2, 0.25) is 17.1 Å². The number of aryl methyl sites for hydroxylation is 3. The van der Waals surface area contributed by atoms with E-state index < -0.39 is 58.2 Å². The number of halogens is 10. The topological polar surface area (TPSA) is 292 Å². The number of ketones is 1. The van der Waals surface area contributed by atoms with Gasteiger partial charge in [0.1, 0.15) is 45.9 Å². The zero-order valence-corrected chi connectivity index (χ0v) is 84.2. The Labute approximate surface area is 851 Å². The van der Waals surface area contributed by atoms with Gasteiger partial charge in [0.05, 0.1) is 90.8 Å². The van der Waals surface area contributed by atoms with Gasteiger partial charge in [-0.05, 0) is 193 Å². The molecular weight excluding hydrogens is 1950 g/mol. The van der Waals surface area contributed by atoms with Crippen LogP contribution in [-0.2, 0) is 37.6 Å². The number of hydrogen-bond acceptors (Lipinski definition) is 25. The Morgan fingerprint density at radius 2 is 0.760 bits per heavy atom. The van der Waals surface area contributed by atoms with Crippen molar-refractivity contribution < 1.29 is 58.5 Å². The summed E-state index contributed by atoms with van der Waals surface area (Å²) in [5, 5.41) is 17.6. The van der Waals surface area contributed by atoms with E-state index in [4.69, 9.17) is 39.6 Å². The number of aromatic nitrogens is 17. The quantitative estimate of drug-likeness (QED) is 0.101. The molecule has 0 aliphatic carbocycles. The second-order valence-electron chi connectivity index (χ2n) is 40.4. The number of rotatable bonds is 11. The fourth-order valence-electron chi connectivity index (χ4n) is 21.9. The van der Waals surface area contributed by atoms with Crippen molar-refractivity contribution in [2.24, 2.45) is 13.0 Å². The number of aliphatic hydroxyl groups excluding tert-OH is 1. The molecule has 7 aliphatic rings. The molecule has 0 unspecified atom stereocenters. The van der Waals surface area contributed by atoms with E-state index in [0.717, 1.165) is 229 Å². The minimum Gasteiger partial charge on any atom is -0.396 e. The van der Waals surface area contributed by atoms with Gasteiger partial charge >= 0.3 is 0 Å². The van der Waals surface area contributed by atoms with Crippen LogP contribution in [0.3, 0.4) is 0 Å². The molecule has 3 N–H and O–H groups in total. The number of anilines is 5. The molecule has 6 fully saturated rings. The molecule has 26 rings (SSSR count). The van der Waals surface area contributed by atoms with Gasteiger partial charge < -0.3 is 68.8 Å². The summed E-state index contributed by atoms with van der Waals surface area (Å²) >= 11 is 0. The van der Waals surface area contributed by atoms with Gasteiger partial charge in [-0.1, -0.05) is 6.07 Å². The molecule has 778 valence electrons. The van der Waals surface area contributed by atoms with Crippen LogP contribution >= 0.6 is 0 Å². The normalized spacial score (nSPS) is 18.4. The molecule has 21 heterocycles. The highest BCUT2D eigenvalue weighted by Crippen LogP contribution is 2.38. The number of aliphatic hydroxyl groups is 1. The summed E-state index contributed by atoms with van der Waals surface area (Å²) in [5.41, 5.74) is 11.4. The molecule has 0 saturated carbocycles. The molecule has 0 radical (unpaired) electrons. The molecule has 0 amide bonds. The van der Waals surface area contributed by atoms with Crippen molar-refractivity contribution in [2.45, 2.75) is 110 Å². The molecule has 0 bridgehead atoms. The van der Waals surface area contributed by atoms with Gasteiger partial charge in [-0.25, -0.2) is 93.7 Å². The largest absolute Gasteiger partial charge is 0.396 e. The van der Waals surface area contributed by atoms with Crippen molar-refractivity contribution in [3.8, 4) is 5.82 Å². The molecule has 14 aromatic heterocycles. The van der Waals surface area contributed by atoms with Crippen LogP contribution in [0.15, 0.2) is 143 Å². The highest BCUT2D eigenvalue weighted by atomic mass is 19.2. The predicted molar refractivity (Wildman–Crippen MR) is 559 cm³/mol. The highest BCUT2D eigenvalue weighted by Gasteiger charge is 2.34. The van der Waals surface area contributed by atoms with Gasteiger partial charge in [0.25, 0.3) is 11.1 Å². The lowest BCUT2D eigenvalue weighted by atomic mass is 10.0. The standard InChI is InChI=1S/C24H25F2N5O.C23H25F2N5O.C21H22F2N6O.C20H20F2N6O.C20H19F2N5O/c1-13-9-30(10-14(2)27-13)23-4-3-19-24(29-23)31-21-8-18(26)17(25)6-16(21)7-22(31)20(28-19)5-15-11-32-12-15;1-13-11-29(12-14(2)26-13)22-6-5-19-23(28-22)30-20-10-17(25)16(24)8-15(20)9-21(30)18(27-19)4-3-7-31;1-3-28-16-5-6-18(27-8-4-7-26(2)9-10-27)25-19(16)29-17-12-14(23)13(22)11-15(17)24-20(29)21(28)30;1-25-6-3-7-27(9-8-25)17-5-4-15-18(24-17)28-16-11-13(22)12(21)10-14(16)23-19(28)20(29)26(15)2;1-25-5-2-6-26(8-7-25)18-4-3-12-9-17(28)20-23-15-10-13(21)14(22)11-16(15)27(20)19(12)24-18/h3-4,6-8,13-15,27H,5,9-12H2,1-2H3;5-6,8-10,13-14,26,31H,3-4,7,11-12H2,1-2H3;5-6,11-12H,3-4,7-10H2,1-2H3;4-5,10-11H,3,6-9H2,1-2H3;3-4,10-11H,2,5-9H2,1H3/t2*13-,14+;;;. The monoisotopic (exact) mass is 2060 g/mol. The number of Topliss-reactive ketones (excluding diaryl/α,β-unsaturated/α-hetero) is 1. The van der Waals surface area contributed by atoms with Crippen LogP contribution in [0.1, 0.15) is 87.9 Å². The second-order valence-corrected chi connectivity index (χ2v) is 40.4. The first-order valence-electron chi connectivity index (χ1n) is 50.8. The summed E-state index contributed by atoms with van der Waals surface area (Å²) in [7, 11) is 7.95. The molecule has 6 saturated heterocycles. The summed E-state index contributed by atoms with van der Waals surface area (Å²) in [5.74, 6) is -4.32. The van der Waals surface area contributed by atoms with Gasteiger partial charge in [-0.2, -0.15) is 0 Å². The van der Waals surface area contributed by atoms with Gasteiger partial charge in [-0.15, -0.1) is 0 Å². The first kappa shape index (κ1) is 99.9. The Kier molecular flexibility index (Phi) is 27.1. The maximum absolute atomic E-state index is 14.2. The fraction of sp³-hybridized carbons (Fsp3) is 0.380. The molecule has 32 nitrogen and oxygen atoms in total. The van der Waals surface area contributed by atoms with Gasteiger partial charge in [-0.3, -0.25) is 36.6 Å². The van der Waals surface area contributed by atoms with Crippen molar-refractivity contribution in [3.63, 3.8) is 0 Å². The molecule has 19 aromatic rings. The Bertz CT molecular complexity index is 8710. The van der Waals surface area contributed by atoms with Crippen LogP contribution in [0.5, 0.6) is 0 Å². The average Bonchev–Trinajstić information content (AvgIpc) is 1.63. The van der Waals surface area contributed by atoms with Crippen LogP contribution < -0.4 is 46.3 Å². The lowest BCUT2D eigenvalue weighted by Gasteiger charge is -2.37. The molecule has 5 aromatic carbocycles. The number of carbonyl (C=O) groups excluding carboxylic acids is 1. The number of piperazine rings is 2. The number of benzene rings is 5. The van der Waals surface area contributed by atoms with Gasteiger partial charge in [0, 0.05) is 207 Å². The SMILES string of the molecule is CCn1c(=O)c2nc3cc(F)c(F)cc3n2c2nc(N3CCCN(C)CC3)ccc21.CN1CCCN(c2ccc3c(n2)-n2c(nc4cc(F)c(F)cc42)C(=O)C3)CC1.CN1CCCN(c2ccc3c(n2)n2c(nc4cc(F)c(F)cc42)c(=O)n3C)CC1.C[C@@H]1CN(c2ccc3nc(CC4COC4)c4cc5cc(F)c(F)cc5n4c3n2)C[C@H](C)N1.C[C@@H]1CN(c2ccc3nc(CCCO)c4cc5cc(F)c(F)cc5n4c3n2)C[C@H](C)N1. The maximum Gasteiger partial charge on any atom is 0.294 e. The number of likely N-dealkylation sites (N-methyl/N-ethyl adjacent to an activating group) is 3. The first-order valence-corrected chi connectivity index (χ1v) is 50.8. The molecule has 7 aliphatic heterocycles. The lowest BCUT2D eigenvalue weighted by Crippen LogP contribution is -2.54. The fourth-order valence-corrected chi connectivity index (χ4v) is 21.9. The number of imidazole rings is 3. The summed E-state index contributed by atoms with van der Waals surface area (Å²) in [4.78, 5) is 103. The Hall–Kier alpha value is -14.7. The van der Waals surface area contributed by atoms with E-state index >= 15 is 0 Å². The van der Waals surface area contributed by atoms with Crippen molar-refractivity contribution in [3.05, 3.63) is 235 Å².